The SMILES string of the molecule is Cn1oc(=S)nc1-c1cn(-c2ccc(-c3cccc(S(C)(=O)=O)c3)cc2)c(-c2ccccc2C(F)(F)F)n1. The highest BCUT2D eigenvalue weighted by Crippen LogP contribution is 2.38. The lowest BCUT2D eigenvalue weighted by Gasteiger charge is -2.14. The maximum atomic E-state index is 13.9. The van der Waals surface area contributed by atoms with E-state index in [0.717, 1.165) is 17.9 Å². The number of imidazole rings is 1. The van der Waals surface area contributed by atoms with Crippen molar-refractivity contribution in [2.24, 2.45) is 7.05 Å². The van der Waals surface area contributed by atoms with Gasteiger partial charge in [0.05, 0.1) is 10.5 Å². The van der Waals surface area contributed by atoms with Crippen molar-refractivity contribution in [1.29, 1.82) is 0 Å². The molecule has 0 bridgehead atoms. The Balaban J connectivity index is 1.66. The third-order valence-electron chi connectivity index (χ3n) is 5.86. The molecule has 0 spiro atoms. The predicted octanol–water partition coefficient (Wildman–Crippen LogP) is 6.35. The van der Waals surface area contributed by atoms with E-state index < -0.39 is 21.6 Å². The van der Waals surface area contributed by atoms with Gasteiger partial charge in [-0.25, -0.2) is 13.4 Å². The number of hydrogen-bond donors (Lipinski definition) is 0. The van der Waals surface area contributed by atoms with E-state index in [2.05, 4.69) is 9.97 Å². The summed E-state index contributed by atoms with van der Waals surface area (Å²) in [6.45, 7) is 0. The van der Waals surface area contributed by atoms with Crippen LogP contribution in [0.4, 0.5) is 13.2 Å². The van der Waals surface area contributed by atoms with Crippen LogP contribution in [0, 0.1) is 4.84 Å². The predicted molar refractivity (Wildman–Crippen MR) is 138 cm³/mol. The second-order valence-corrected chi connectivity index (χ2v) is 10.9. The van der Waals surface area contributed by atoms with Gasteiger partial charge >= 0.3 is 11.0 Å². The molecular formula is C26H19F3N4O3S2. The van der Waals surface area contributed by atoms with Gasteiger partial charge < -0.3 is 4.52 Å². The standard InChI is InChI=1S/C26H19F3N4O3S2/c1-32-24(31-25(37)36-32)22-15-33(23(30-22)20-8-3-4-9-21(20)26(27,28)29)18-12-10-16(11-13-18)17-6-5-7-19(14-17)38(2,34)35/h3-15H,1-2H3. The van der Waals surface area contributed by atoms with E-state index in [-0.39, 0.29) is 32.6 Å². The maximum Gasteiger partial charge on any atom is 0.417 e. The molecule has 2 heterocycles. The first-order valence-corrected chi connectivity index (χ1v) is 13.4. The van der Waals surface area contributed by atoms with Crippen LogP contribution in [-0.4, -0.2) is 33.9 Å². The Labute approximate surface area is 220 Å². The minimum atomic E-state index is -4.60. The molecule has 0 N–H and O–H groups in total. The van der Waals surface area contributed by atoms with Gasteiger partial charge in [0.15, 0.2) is 15.7 Å². The number of rotatable bonds is 5. The monoisotopic (exact) mass is 556 g/mol. The topological polar surface area (TPSA) is 82.9 Å². The Morgan fingerprint density at radius 1 is 0.895 bits per heavy atom. The fraction of sp³-hybridized carbons (Fsp3) is 0.115. The molecule has 0 aliphatic rings. The number of alkyl halides is 3. The van der Waals surface area contributed by atoms with Gasteiger partial charge in [0.1, 0.15) is 11.5 Å². The number of hydrogen-bond acceptors (Lipinski definition) is 6. The van der Waals surface area contributed by atoms with Gasteiger partial charge in [-0.1, -0.05) is 42.5 Å². The largest absolute Gasteiger partial charge is 0.417 e. The molecule has 0 fully saturated rings. The Hall–Kier alpha value is -4.03. The molecule has 0 unspecified atom stereocenters. The highest BCUT2D eigenvalue weighted by Gasteiger charge is 2.35. The lowest BCUT2D eigenvalue weighted by Crippen LogP contribution is -2.08. The number of nitrogens with zero attached hydrogens (tertiary/aromatic N) is 4. The summed E-state index contributed by atoms with van der Waals surface area (Å²) in [7, 11) is -1.82. The van der Waals surface area contributed by atoms with Crippen molar-refractivity contribution >= 4 is 22.1 Å². The summed E-state index contributed by atoms with van der Waals surface area (Å²) in [5.41, 5.74) is 1.27. The van der Waals surface area contributed by atoms with Gasteiger partial charge in [-0.05, 0) is 53.7 Å². The molecule has 7 nitrogen and oxygen atoms in total. The van der Waals surface area contributed by atoms with Crippen LogP contribution in [0.25, 0.3) is 39.7 Å². The number of sulfone groups is 1. The van der Waals surface area contributed by atoms with Crippen LogP contribution < -0.4 is 0 Å². The molecular weight excluding hydrogens is 537 g/mol. The minimum absolute atomic E-state index is 0.0324. The first-order valence-electron chi connectivity index (χ1n) is 11.1. The molecule has 0 radical (unpaired) electrons. The molecule has 0 atom stereocenters. The van der Waals surface area contributed by atoms with Crippen LogP contribution in [0.5, 0.6) is 0 Å². The summed E-state index contributed by atoms with van der Waals surface area (Å²) >= 11 is 4.99. The number of aromatic nitrogens is 4. The van der Waals surface area contributed by atoms with Crippen LogP contribution >= 0.6 is 12.2 Å². The molecule has 0 amide bonds. The van der Waals surface area contributed by atoms with Crippen molar-refractivity contribution in [2.45, 2.75) is 11.1 Å². The van der Waals surface area contributed by atoms with Gasteiger partial charge in [-0.15, -0.1) is 0 Å². The van der Waals surface area contributed by atoms with Crippen LogP contribution in [0.1, 0.15) is 5.56 Å². The first-order chi connectivity index (χ1) is 17.9. The summed E-state index contributed by atoms with van der Waals surface area (Å²) in [6.07, 6.45) is -1.90. The molecule has 5 rings (SSSR count). The van der Waals surface area contributed by atoms with E-state index in [4.69, 9.17) is 16.7 Å². The third kappa shape index (κ3) is 4.92. The summed E-state index contributed by atoms with van der Waals surface area (Å²) in [4.78, 5) is 8.79. The zero-order valence-corrected chi connectivity index (χ0v) is 21.6. The second kappa shape index (κ2) is 9.37. The zero-order chi connectivity index (χ0) is 27.2. The minimum Gasteiger partial charge on any atom is -0.345 e. The summed E-state index contributed by atoms with van der Waals surface area (Å²) in [5.74, 6) is 0.308. The lowest BCUT2D eigenvalue weighted by atomic mass is 10.0. The van der Waals surface area contributed by atoms with Crippen LogP contribution in [0.3, 0.4) is 0 Å². The van der Waals surface area contributed by atoms with E-state index >= 15 is 0 Å². The molecule has 2 aromatic heterocycles. The lowest BCUT2D eigenvalue weighted by molar-refractivity contribution is -0.137. The van der Waals surface area contributed by atoms with E-state index in [9.17, 15) is 21.6 Å². The van der Waals surface area contributed by atoms with E-state index in [1.807, 2.05) is 0 Å². The molecule has 12 heteroatoms. The van der Waals surface area contributed by atoms with E-state index in [0.29, 0.717) is 11.3 Å². The fourth-order valence-electron chi connectivity index (χ4n) is 4.08. The van der Waals surface area contributed by atoms with Crippen molar-refractivity contribution < 1.29 is 26.1 Å². The van der Waals surface area contributed by atoms with Gasteiger partial charge in [-0.2, -0.15) is 22.9 Å². The number of benzene rings is 3. The van der Waals surface area contributed by atoms with Crippen molar-refractivity contribution in [2.75, 3.05) is 6.26 Å². The highest BCUT2D eigenvalue weighted by molar-refractivity contribution is 7.90. The Kier molecular flexibility index (Phi) is 6.32. The number of halogens is 3. The molecule has 0 aliphatic heterocycles. The average molecular weight is 557 g/mol. The van der Waals surface area contributed by atoms with Gasteiger partial charge in [0.25, 0.3) is 0 Å². The Morgan fingerprint density at radius 3 is 2.24 bits per heavy atom. The van der Waals surface area contributed by atoms with Crippen LogP contribution in [0.15, 0.2) is 88.4 Å². The summed E-state index contributed by atoms with van der Waals surface area (Å²) in [6, 6.07) is 18.7. The van der Waals surface area contributed by atoms with Crippen molar-refractivity contribution in [1.82, 2.24) is 19.3 Å². The molecule has 38 heavy (non-hydrogen) atoms. The van der Waals surface area contributed by atoms with Crippen molar-refractivity contribution in [3.8, 4) is 39.7 Å². The highest BCUT2D eigenvalue weighted by atomic mass is 32.2. The second-order valence-electron chi connectivity index (χ2n) is 8.50. The quantitative estimate of drug-likeness (QED) is 0.235. The van der Waals surface area contributed by atoms with Gasteiger partial charge in [0.2, 0.25) is 0 Å². The van der Waals surface area contributed by atoms with E-state index in [1.165, 1.54) is 33.6 Å². The summed E-state index contributed by atoms with van der Waals surface area (Å²) < 4.78 is 73.7. The van der Waals surface area contributed by atoms with Crippen molar-refractivity contribution in [3.63, 3.8) is 0 Å². The Morgan fingerprint density at radius 2 is 1.61 bits per heavy atom. The third-order valence-corrected chi connectivity index (χ3v) is 7.14. The van der Waals surface area contributed by atoms with Crippen LogP contribution in [0.2, 0.25) is 0 Å². The van der Waals surface area contributed by atoms with Gasteiger partial charge in [0, 0.05) is 30.8 Å². The molecule has 3 aromatic carbocycles. The smallest absolute Gasteiger partial charge is 0.345 e. The zero-order valence-electron chi connectivity index (χ0n) is 20.0. The molecule has 0 saturated carbocycles. The number of aryl methyl sites for hydroxylation is 1. The average Bonchev–Trinajstić information content (AvgIpc) is 3.46. The van der Waals surface area contributed by atoms with Gasteiger partial charge in [-0.3, -0.25) is 4.57 Å². The summed E-state index contributed by atoms with van der Waals surface area (Å²) in [5, 5.41) is 0. The van der Waals surface area contributed by atoms with E-state index in [1.54, 1.807) is 55.7 Å². The molecule has 0 saturated heterocycles. The molecule has 0 aliphatic carbocycles. The molecule has 5 aromatic rings. The van der Waals surface area contributed by atoms with Crippen molar-refractivity contribution in [3.05, 3.63) is 89.4 Å². The first kappa shape index (κ1) is 25.6. The maximum absolute atomic E-state index is 13.9. The van der Waals surface area contributed by atoms with Crippen LogP contribution in [-0.2, 0) is 23.1 Å². The fourth-order valence-corrected chi connectivity index (χ4v) is 4.94. The normalized spacial score (nSPS) is 12.1. The Bertz CT molecular complexity index is 1820. The molecule has 194 valence electrons.